The lowest BCUT2D eigenvalue weighted by atomic mass is 10.1. The van der Waals surface area contributed by atoms with Crippen LogP contribution in [0, 0.1) is 6.92 Å². The van der Waals surface area contributed by atoms with Crippen molar-refractivity contribution in [3.63, 3.8) is 0 Å². The molecule has 1 saturated heterocycles. The number of carbonyl (C=O) groups excluding carboxylic acids is 2. The third-order valence-corrected chi connectivity index (χ3v) is 5.06. The number of nitrogens with zero attached hydrogens (tertiary/aromatic N) is 4. The molecule has 1 N–H and O–H groups in total. The lowest BCUT2D eigenvalue weighted by Gasteiger charge is -2.32. The first-order valence-corrected chi connectivity index (χ1v) is 9.28. The molecule has 0 unspecified atom stereocenters. The Hall–Kier alpha value is -2.67. The largest absolute Gasteiger partial charge is 0.348 e. The van der Waals surface area contributed by atoms with Crippen LogP contribution in [-0.4, -0.2) is 65.1 Å². The van der Waals surface area contributed by atoms with Crippen molar-refractivity contribution in [3.8, 4) is 0 Å². The molecule has 7 nitrogen and oxygen atoms in total. The summed E-state index contributed by atoms with van der Waals surface area (Å²) >= 11 is 0. The highest BCUT2D eigenvalue weighted by Crippen LogP contribution is 2.25. The number of piperidine rings is 1. The first-order valence-electron chi connectivity index (χ1n) is 9.28. The lowest BCUT2D eigenvalue weighted by Crippen LogP contribution is -2.41. The van der Waals surface area contributed by atoms with Gasteiger partial charge in [0.2, 0.25) is 5.91 Å². The monoisotopic (exact) mass is 369 g/mol. The molecule has 3 rings (SSSR count). The summed E-state index contributed by atoms with van der Waals surface area (Å²) in [5, 5.41) is 7.42. The zero-order valence-corrected chi connectivity index (χ0v) is 16.2. The number of anilines is 1. The summed E-state index contributed by atoms with van der Waals surface area (Å²) in [6.45, 7) is 4.07. The van der Waals surface area contributed by atoms with Crippen molar-refractivity contribution in [1.29, 1.82) is 0 Å². The Balaban J connectivity index is 1.62. The molecule has 0 spiro atoms. The second-order valence-electron chi connectivity index (χ2n) is 7.23. The van der Waals surface area contributed by atoms with Crippen molar-refractivity contribution in [2.75, 3.05) is 39.0 Å². The number of aryl methyl sites for hydroxylation is 1. The van der Waals surface area contributed by atoms with E-state index in [0.717, 1.165) is 31.5 Å². The summed E-state index contributed by atoms with van der Waals surface area (Å²) in [5.74, 6) is 0.716. The van der Waals surface area contributed by atoms with Gasteiger partial charge < -0.3 is 10.2 Å². The molecule has 144 valence electrons. The summed E-state index contributed by atoms with van der Waals surface area (Å²) in [7, 11) is 3.56. The fourth-order valence-electron chi connectivity index (χ4n) is 3.37. The fourth-order valence-corrected chi connectivity index (χ4v) is 3.37. The van der Waals surface area contributed by atoms with Crippen LogP contribution in [0.15, 0.2) is 36.5 Å². The van der Waals surface area contributed by atoms with Crippen LogP contribution in [0.1, 0.15) is 34.8 Å². The van der Waals surface area contributed by atoms with E-state index in [9.17, 15) is 9.59 Å². The molecule has 0 atom stereocenters. The Kier molecular flexibility index (Phi) is 5.91. The van der Waals surface area contributed by atoms with Gasteiger partial charge in [0.15, 0.2) is 0 Å². The Morgan fingerprint density at radius 3 is 2.56 bits per heavy atom. The number of nitrogens with one attached hydrogen (secondary N) is 1. The molecule has 1 aromatic carbocycles. The van der Waals surface area contributed by atoms with Gasteiger partial charge in [-0.05, 0) is 31.4 Å². The van der Waals surface area contributed by atoms with Gasteiger partial charge in [-0.3, -0.25) is 14.5 Å². The number of hydrogen-bond donors (Lipinski definition) is 1. The van der Waals surface area contributed by atoms with Crippen LogP contribution >= 0.6 is 0 Å². The maximum absolute atomic E-state index is 12.6. The van der Waals surface area contributed by atoms with Crippen LogP contribution in [0.4, 0.5) is 5.82 Å². The van der Waals surface area contributed by atoms with E-state index in [0.29, 0.717) is 17.9 Å². The minimum Gasteiger partial charge on any atom is -0.348 e. The average Bonchev–Trinajstić information content (AvgIpc) is 3.10. The van der Waals surface area contributed by atoms with Crippen molar-refractivity contribution in [3.05, 3.63) is 47.7 Å². The number of likely N-dealkylation sites (N-methyl/N-ethyl adjacent to an activating group) is 1. The second-order valence-corrected chi connectivity index (χ2v) is 7.23. The number of hydrogen-bond acceptors (Lipinski definition) is 4. The van der Waals surface area contributed by atoms with Crippen LogP contribution < -0.4 is 5.32 Å². The number of aromatic nitrogens is 2. The Morgan fingerprint density at radius 2 is 1.89 bits per heavy atom. The number of carbonyl (C=O) groups is 2. The maximum Gasteiger partial charge on any atom is 0.257 e. The van der Waals surface area contributed by atoms with Crippen LogP contribution in [0.5, 0.6) is 0 Å². The summed E-state index contributed by atoms with van der Waals surface area (Å²) in [6.07, 6.45) is 3.51. The van der Waals surface area contributed by atoms with Gasteiger partial charge in [0, 0.05) is 38.8 Å². The van der Waals surface area contributed by atoms with Gasteiger partial charge in [0.1, 0.15) is 5.82 Å². The summed E-state index contributed by atoms with van der Waals surface area (Å²) in [6, 6.07) is 9.59. The first-order chi connectivity index (χ1) is 13.0. The van der Waals surface area contributed by atoms with E-state index in [1.54, 1.807) is 25.2 Å². The molecule has 1 aromatic heterocycles. The van der Waals surface area contributed by atoms with Gasteiger partial charge in [-0.2, -0.15) is 5.10 Å². The Labute approximate surface area is 159 Å². The van der Waals surface area contributed by atoms with Crippen LogP contribution in [-0.2, 0) is 4.79 Å². The average molecular weight is 369 g/mol. The molecule has 0 radical (unpaired) electrons. The summed E-state index contributed by atoms with van der Waals surface area (Å²) < 4.78 is 1.90. The van der Waals surface area contributed by atoms with E-state index in [2.05, 4.69) is 15.3 Å². The third kappa shape index (κ3) is 4.54. The van der Waals surface area contributed by atoms with Gasteiger partial charge in [-0.15, -0.1) is 0 Å². The molecule has 0 saturated carbocycles. The maximum atomic E-state index is 12.6. The number of amides is 2. The number of benzene rings is 1. The molecular formula is C20H27N5O2. The number of rotatable bonds is 5. The molecule has 1 aliphatic rings. The second kappa shape index (κ2) is 8.35. The molecule has 1 fully saturated rings. The fraction of sp³-hybridized carbons (Fsp3) is 0.450. The van der Waals surface area contributed by atoms with Gasteiger partial charge >= 0.3 is 0 Å². The molecular weight excluding hydrogens is 342 g/mol. The SMILES string of the molecule is Cc1ccccc1C(=O)Nc1ccnn1C1CCN(CC(=O)N(C)C)CC1. The Morgan fingerprint density at radius 1 is 1.19 bits per heavy atom. The lowest BCUT2D eigenvalue weighted by molar-refractivity contribution is -0.130. The molecule has 27 heavy (non-hydrogen) atoms. The predicted molar refractivity (Wildman–Crippen MR) is 105 cm³/mol. The molecule has 0 bridgehead atoms. The van der Waals surface area contributed by atoms with Crippen molar-refractivity contribution < 1.29 is 9.59 Å². The van der Waals surface area contributed by atoms with Crippen molar-refractivity contribution >= 4 is 17.6 Å². The predicted octanol–water partition coefficient (Wildman–Crippen LogP) is 2.17. The van der Waals surface area contributed by atoms with Crippen molar-refractivity contribution in [2.45, 2.75) is 25.8 Å². The zero-order chi connectivity index (χ0) is 19.4. The minimum absolute atomic E-state index is 0.121. The third-order valence-electron chi connectivity index (χ3n) is 5.06. The van der Waals surface area contributed by atoms with E-state index >= 15 is 0 Å². The highest BCUT2D eigenvalue weighted by molar-refractivity contribution is 6.04. The zero-order valence-electron chi connectivity index (χ0n) is 16.2. The van der Waals surface area contributed by atoms with E-state index in [4.69, 9.17) is 0 Å². The van der Waals surface area contributed by atoms with Gasteiger partial charge in [-0.25, -0.2) is 4.68 Å². The molecule has 2 heterocycles. The van der Waals surface area contributed by atoms with Gasteiger partial charge in [-0.1, -0.05) is 18.2 Å². The summed E-state index contributed by atoms with van der Waals surface area (Å²) in [5.41, 5.74) is 1.61. The quantitative estimate of drug-likeness (QED) is 0.877. The summed E-state index contributed by atoms with van der Waals surface area (Å²) in [4.78, 5) is 28.3. The van der Waals surface area contributed by atoms with Crippen LogP contribution in [0.25, 0.3) is 0 Å². The highest BCUT2D eigenvalue weighted by Gasteiger charge is 2.24. The molecule has 0 aliphatic carbocycles. The van der Waals surface area contributed by atoms with Gasteiger partial charge in [0.25, 0.3) is 5.91 Å². The van der Waals surface area contributed by atoms with Crippen molar-refractivity contribution in [1.82, 2.24) is 19.6 Å². The number of likely N-dealkylation sites (tertiary alicyclic amines) is 1. The van der Waals surface area contributed by atoms with Crippen LogP contribution in [0.3, 0.4) is 0 Å². The molecule has 2 aromatic rings. The van der Waals surface area contributed by atoms with E-state index in [1.165, 1.54) is 0 Å². The first kappa shape index (κ1) is 19.1. The molecule has 2 amide bonds. The Bertz CT molecular complexity index is 806. The molecule has 1 aliphatic heterocycles. The smallest absolute Gasteiger partial charge is 0.257 e. The van der Waals surface area contributed by atoms with E-state index in [1.807, 2.05) is 41.9 Å². The van der Waals surface area contributed by atoms with Crippen LogP contribution in [0.2, 0.25) is 0 Å². The topological polar surface area (TPSA) is 70.5 Å². The van der Waals surface area contributed by atoms with E-state index in [-0.39, 0.29) is 17.9 Å². The van der Waals surface area contributed by atoms with E-state index < -0.39 is 0 Å². The molecule has 7 heteroatoms. The standard InChI is InChI=1S/C20H27N5O2/c1-15-6-4-5-7-17(15)20(27)22-18-8-11-21-25(18)16-9-12-24(13-10-16)14-19(26)23(2)3/h4-8,11,16H,9-10,12-14H2,1-3H3,(H,22,27). The normalized spacial score (nSPS) is 15.5. The van der Waals surface area contributed by atoms with Gasteiger partial charge in [0.05, 0.1) is 18.8 Å². The van der Waals surface area contributed by atoms with Crippen molar-refractivity contribution in [2.24, 2.45) is 0 Å². The minimum atomic E-state index is -0.121. The highest BCUT2D eigenvalue weighted by atomic mass is 16.2.